The van der Waals surface area contributed by atoms with E-state index in [2.05, 4.69) is 27.7 Å². The molecule has 7 nitrogen and oxygen atoms in total. The van der Waals surface area contributed by atoms with Crippen molar-refractivity contribution in [1.29, 1.82) is 0 Å². The van der Waals surface area contributed by atoms with Crippen LogP contribution in [-0.2, 0) is 13.0 Å². The summed E-state index contributed by atoms with van der Waals surface area (Å²) in [5, 5.41) is 18.7. The largest absolute Gasteiger partial charge is 0.394 e. The highest BCUT2D eigenvalue weighted by molar-refractivity contribution is 5.94. The maximum Gasteiger partial charge on any atom is 0.251 e. The van der Waals surface area contributed by atoms with Crippen molar-refractivity contribution in [3.8, 4) is 0 Å². The highest BCUT2D eigenvalue weighted by Gasteiger charge is 2.09. The number of nitrogens with one attached hydrogen (secondary N) is 2. The van der Waals surface area contributed by atoms with Crippen LogP contribution < -0.4 is 10.6 Å². The fourth-order valence-corrected chi connectivity index (χ4v) is 1.95. The van der Waals surface area contributed by atoms with Crippen LogP contribution >= 0.6 is 0 Å². The molecule has 2 aromatic rings. The number of aliphatic hydroxyl groups excluding tert-OH is 1. The number of nitrogens with zero attached hydrogens (tertiary/aromatic N) is 2. The normalized spacial score (nSPS) is 12.0. The molecule has 23 heavy (non-hydrogen) atoms. The van der Waals surface area contributed by atoms with Crippen LogP contribution in [0.1, 0.15) is 42.3 Å². The zero-order valence-electron chi connectivity index (χ0n) is 13.4. The third-order valence-electron chi connectivity index (χ3n) is 3.22. The third-order valence-corrected chi connectivity index (χ3v) is 3.22. The lowest BCUT2D eigenvalue weighted by Gasteiger charge is -2.11. The van der Waals surface area contributed by atoms with Gasteiger partial charge in [0.15, 0.2) is 5.82 Å². The second-order valence-electron chi connectivity index (χ2n) is 5.34. The van der Waals surface area contributed by atoms with Crippen LogP contribution in [0, 0.1) is 0 Å². The number of aromatic nitrogens is 2. The van der Waals surface area contributed by atoms with Crippen molar-refractivity contribution < 1.29 is 14.4 Å². The van der Waals surface area contributed by atoms with E-state index in [4.69, 9.17) is 9.63 Å². The van der Waals surface area contributed by atoms with Gasteiger partial charge in [-0.15, -0.1) is 0 Å². The third kappa shape index (κ3) is 5.07. The second kappa shape index (κ2) is 8.28. The summed E-state index contributed by atoms with van der Waals surface area (Å²) in [6.45, 7) is 4.17. The highest BCUT2D eigenvalue weighted by atomic mass is 16.5. The fourth-order valence-electron chi connectivity index (χ4n) is 1.95. The minimum Gasteiger partial charge on any atom is -0.394 e. The Morgan fingerprint density at radius 1 is 1.35 bits per heavy atom. The molecule has 3 N–H and O–H groups in total. The Balaban J connectivity index is 1.88. The number of hydrogen-bond acceptors (Lipinski definition) is 6. The predicted octanol–water partition coefficient (Wildman–Crippen LogP) is 1.74. The molecular weight excluding hydrogens is 296 g/mol. The second-order valence-corrected chi connectivity index (χ2v) is 5.34. The van der Waals surface area contributed by atoms with E-state index in [1.807, 2.05) is 12.1 Å². The van der Waals surface area contributed by atoms with Crippen LogP contribution in [0.3, 0.4) is 0 Å². The van der Waals surface area contributed by atoms with E-state index >= 15 is 0 Å². The average Bonchev–Trinajstić information content (AvgIpc) is 3.01. The molecule has 1 unspecified atom stereocenters. The molecular formula is C16H22N4O3. The van der Waals surface area contributed by atoms with Gasteiger partial charge in [0, 0.05) is 23.7 Å². The van der Waals surface area contributed by atoms with Gasteiger partial charge in [0.1, 0.15) is 0 Å². The lowest BCUT2D eigenvalue weighted by atomic mass is 10.2. The molecule has 0 aliphatic carbocycles. The topological polar surface area (TPSA) is 100 Å². The summed E-state index contributed by atoms with van der Waals surface area (Å²) in [5.41, 5.74) is 1.40. The summed E-state index contributed by atoms with van der Waals surface area (Å²) >= 11 is 0. The summed E-state index contributed by atoms with van der Waals surface area (Å²) in [6, 6.07) is 6.80. The Labute approximate surface area is 135 Å². The highest BCUT2D eigenvalue weighted by Crippen LogP contribution is 2.11. The average molecular weight is 318 g/mol. The molecule has 0 radical (unpaired) electrons. The van der Waals surface area contributed by atoms with Gasteiger partial charge in [-0.3, -0.25) is 4.79 Å². The van der Waals surface area contributed by atoms with Gasteiger partial charge in [0.2, 0.25) is 5.89 Å². The van der Waals surface area contributed by atoms with E-state index in [0.29, 0.717) is 23.8 Å². The SMILES string of the molecule is CCCc1nc(CNc2ccc(C(=O)NC(C)CO)cc2)no1. The van der Waals surface area contributed by atoms with Crippen molar-refractivity contribution in [2.75, 3.05) is 11.9 Å². The molecule has 1 aromatic heterocycles. The van der Waals surface area contributed by atoms with Crippen molar-refractivity contribution >= 4 is 11.6 Å². The number of carbonyl (C=O) groups excluding carboxylic acids is 1. The minimum absolute atomic E-state index is 0.0872. The maximum absolute atomic E-state index is 11.9. The van der Waals surface area contributed by atoms with E-state index in [0.717, 1.165) is 18.5 Å². The Kier molecular flexibility index (Phi) is 6.10. The molecule has 0 aliphatic heterocycles. The van der Waals surface area contributed by atoms with Gasteiger partial charge in [-0.1, -0.05) is 12.1 Å². The summed E-state index contributed by atoms with van der Waals surface area (Å²) in [4.78, 5) is 16.2. The van der Waals surface area contributed by atoms with E-state index in [-0.39, 0.29) is 18.6 Å². The summed E-state index contributed by atoms with van der Waals surface area (Å²) in [5.74, 6) is 1.04. The Morgan fingerprint density at radius 3 is 2.74 bits per heavy atom. The summed E-state index contributed by atoms with van der Waals surface area (Å²) in [7, 11) is 0. The molecule has 0 saturated heterocycles. The fraction of sp³-hybridized carbons (Fsp3) is 0.438. The molecule has 0 aliphatic rings. The van der Waals surface area contributed by atoms with E-state index < -0.39 is 0 Å². The first-order chi connectivity index (χ1) is 11.1. The molecule has 0 bridgehead atoms. The Hall–Kier alpha value is -2.41. The quantitative estimate of drug-likeness (QED) is 0.685. The molecule has 1 aromatic carbocycles. The lowest BCUT2D eigenvalue weighted by Crippen LogP contribution is -2.34. The molecule has 1 atom stereocenters. The van der Waals surface area contributed by atoms with Crippen LogP contribution in [0.15, 0.2) is 28.8 Å². The van der Waals surface area contributed by atoms with Gasteiger partial charge in [-0.05, 0) is 37.6 Å². The Bertz CT molecular complexity index is 625. The monoisotopic (exact) mass is 318 g/mol. The number of rotatable bonds is 8. The first-order valence-electron chi connectivity index (χ1n) is 7.69. The van der Waals surface area contributed by atoms with E-state index in [1.165, 1.54) is 0 Å². The number of carbonyl (C=O) groups is 1. The number of amides is 1. The van der Waals surface area contributed by atoms with Gasteiger partial charge >= 0.3 is 0 Å². The first kappa shape index (κ1) is 17.0. The van der Waals surface area contributed by atoms with Crippen LogP contribution in [-0.4, -0.2) is 33.8 Å². The molecule has 124 valence electrons. The van der Waals surface area contributed by atoms with Crippen molar-refractivity contribution in [1.82, 2.24) is 15.5 Å². The van der Waals surface area contributed by atoms with Crippen molar-refractivity contribution in [3.63, 3.8) is 0 Å². The number of hydrogen-bond donors (Lipinski definition) is 3. The van der Waals surface area contributed by atoms with E-state index in [9.17, 15) is 4.79 Å². The number of anilines is 1. The standard InChI is InChI=1S/C16H22N4O3/c1-3-4-15-19-14(20-23-15)9-17-13-7-5-12(6-8-13)16(22)18-11(2)10-21/h5-8,11,17,21H,3-4,9-10H2,1-2H3,(H,18,22). The Morgan fingerprint density at radius 2 is 2.09 bits per heavy atom. The van der Waals surface area contributed by atoms with Gasteiger partial charge < -0.3 is 20.3 Å². The summed E-state index contributed by atoms with van der Waals surface area (Å²) < 4.78 is 5.12. The van der Waals surface area contributed by atoms with E-state index in [1.54, 1.807) is 19.1 Å². The molecule has 0 spiro atoms. The molecule has 7 heteroatoms. The van der Waals surface area contributed by atoms with Crippen LogP contribution in [0.5, 0.6) is 0 Å². The van der Waals surface area contributed by atoms with Crippen molar-refractivity contribution in [3.05, 3.63) is 41.5 Å². The predicted molar refractivity (Wildman–Crippen MR) is 86.1 cm³/mol. The zero-order valence-corrected chi connectivity index (χ0v) is 13.4. The molecule has 2 rings (SSSR count). The van der Waals surface area contributed by atoms with Gasteiger partial charge in [0.05, 0.1) is 13.2 Å². The first-order valence-corrected chi connectivity index (χ1v) is 7.69. The molecule has 0 saturated carbocycles. The van der Waals surface area contributed by atoms with Crippen LogP contribution in [0.4, 0.5) is 5.69 Å². The minimum atomic E-state index is -0.268. The molecule has 1 heterocycles. The number of aryl methyl sites for hydroxylation is 1. The number of benzene rings is 1. The molecule has 0 fully saturated rings. The maximum atomic E-state index is 11.9. The van der Waals surface area contributed by atoms with Crippen molar-refractivity contribution in [2.24, 2.45) is 0 Å². The smallest absolute Gasteiger partial charge is 0.251 e. The van der Waals surface area contributed by atoms with Crippen molar-refractivity contribution in [2.45, 2.75) is 39.3 Å². The van der Waals surface area contributed by atoms with Gasteiger partial charge in [0.25, 0.3) is 5.91 Å². The molecule has 1 amide bonds. The van der Waals surface area contributed by atoms with Gasteiger partial charge in [-0.25, -0.2) is 0 Å². The number of aliphatic hydroxyl groups is 1. The zero-order chi connectivity index (χ0) is 16.7. The van der Waals surface area contributed by atoms with Crippen LogP contribution in [0.2, 0.25) is 0 Å². The summed E-state index contributed by atoms with van der Waals surface area (Å²) in [6.07, 6.45) is 1.75. The van der Waals surface area contributed by atoms with Crippen LogP contribution in [0.25, 0.3) is 0 Å². The lowest BCUT2D eigenvalue weighted by molar-refractivity contribution is 0.0922. The van der Waals surface area contributed by atoms with Gasteiger partial charge in [-0.2, -0.15) is 4.98 Å².